The van der Waals surface area contributed by atoms with Crippen molar-refractivity contribution in [2.24, 2.45) is 0 Å². The highest BCUT2D eigenvalue weighted by Gasteiger charge is 2.30. The lowest BCUT2D eigenvalue weighted by Gasteiger charge is -2.10. The molecule has 0 bridgehead atoms. The Balaban J connectivity index is 1.55. The van der Waals surface area contributed by atoms with E-state index < -0.39 is 17.6 Å². The molecule has 0 heterocycles. The van der Waals surface area contributed by atoms with Crippen molar-refractivity contribution in [1.29, 1.82) is 0 Å². The number of benzene rings is 3. The second kappa shape index (κ2) is 9.26. The molecule has 0 saturated carbocycles. The highest BCUT2D eigenvalue weighted by atomic mass is 19.4. The Morgan fingerprint density at radius 1 is 0.767 bits per heavy atom. The molecule has 3 aromatic rings. The minimum absolute atomic E-state index is 0.180. The molecule has 0 saturated heterocycles. The van der Waals surface area contributed by atoms with Crippen LogP contribution in [0.15, 0.2) is 78.9 Å². The summed E-state index contributed by atoms with van der Waals surface area (Å²) in [5.74, 6) is -0.770. The first-order valence-electron chi connectivity index (χ1n) is 9.19. The van der Waals surface area contributed by atoms with E-state index >= 15 is 0 Å². The normalized spacial score (nSPS) is 11.0. The molecule has 0 fully saturated rings. The fraction of sp³-hybridized carbons (Fsp3) is 0.130. The lowest BCUT2D eigenvalue weighted by molar-refractivity contribution is -0.137. The molecule has 0 unspecified atom stereocenters. The van der Waals surface area contributed by atoms with Gasteiger partial charge in [-0.25, -0.2) is 0 Å². The van der Waals surface area contributed by atoms with E-state index in [1.165, 1.54) is 18.2 Å². The molecule has 154 valence electrons. The molecule has 2 N–H and O–H groups in total. The first-order chi connectivity index (χ1) is 14.3. The fourth-order valence-corrected chi connectivity index (χ4v) is 2.81. The third-order valence-electron chi connectivity index (χ3n) is 4.41. The molecule has 3 rings (SSSR count). The van der Waals surface area contributed by atoms with Gasteiger partial charge in [0.15, 0.2) is 0 Å². The van der Waals surface area contributed by atoms with Crippen molar-refractivity contribution in [3.63, 3.8) is 0 Å². The number of amides is 2. The summed E-state index contributed by atoms with van der Waals surface area (Å²) < 4.78 is 38.6. The number of alkyl halides is 3. The van der Waals surface area contributed by atoms with E-state index in [9.17, 15) is 22.8 Å². The number of hydrogen-bond donors (Lipinski definition) is 2. The quantitative estimate of drug-likeness (QED) is 0.630. The standard InChI is InChI=1S/C23H19F3N2O2/c24-23(25,26)20-8-4-7-19(13-20)17-9-11-18(12-10-17)22(30)28-15-21(29)27-14-16-5-2-1-3-6-16/h1-13H,14-15H2,(H,27,29)(H,28,30). The first-order valence-corrected chi connectivity index (χ1v) is 9.19. The van der Waals surface area contributed by atoms with Crippen molar-refractivity contribution in [3.8, 4) is 11.1 Å². The summed E-state index contributed by atoms with van der Waals surface area (Å²) in [5, 5.41) is 5.23. The molecule has 0 aliphatic rings. The molecule has 0 aliphatic heterocycles. The lowest BCUT2D eigenvalue weighted by atomic mass is 10.0. The third-order valence-corrected chi connectivity index (χ3v) is 4.41. The summed E-state index contributed by atoms with van der Waals surface area (Å²) in [5.41, 5.74) is 1.47. The van der Waals surface area contributed by atoms with Crippen LogP contribution in [0.1, 0.15) is 21.5 Å². The Kier molecular flexibility index (Phi) is 6.51. The maximum absolute atomic E-state index is 12.9. The maximum atomic E-state index is 12.9. The van der Waals surface area contributed by atoms with Crippen molar-refractivity contribution in [3.05, 3.63) is 95.6 Å². The van der Waals surface area contributed by atoms with Gasteiger partial charge in [0.1, 0.15) is 0 Å². The van der Waals surface area contributed by atoms with Gasteiger partial charge in [0.05, 0.1) is 12.1 Å². The van der Waals surface area contributed by atoms with Crippen LogP contribution in [0.3, 0.4) is 0 Å². The van der Waals surface area contributed by atoms with Gasteiger partial charge in [0, 0.05) is 12.1 Å². The van der Waals surface area contributed by atoms with E-state index in [0.29, 0.717) is 23.2 Å². The largest absolute Gasteiger partial charge is 0.416 e. The molecule has 30 heavy (non-hydrogen) atoms. The fourth-order valence-electron chi connectivity index (χ4n) is 2.81. The van der Waals surface area contributed by atoms with Crippen molar-refractivity contribution in [2.75, 3.05) is 6.54 Å². The zero-order valence-corrected chi connectivity index (χ0v) is 15.9. The number of carbonyl (C=O) groups excluding carboxylic acids is 2. The van der Waals surface area contributed by atoms with E-state index in [0.717, 1.165) is 17.7 Å². The number of carbonyl (C=O) groups is 2. The molecule has 0 aromatic heterocycles. The smallest absolute Gasteiger partial charge is 0.350 e. The van der Waals surface area contributed by atoms with Crippen LogP contribution >= 0.6 is 0 Å². The average molecular weight is 412 g/mol. The van der Waals surface area contributed by atoms with Gasteiger partial charge in [0.2, 0.25) is 5.91 Å². The van der Waals surface area contributed by atoms with Crippen LogP contribution < -0.4 is 10.6 Å². The predicted molar refractivity (Wildman–Crippen MR) is 108 cm³/mol. The Bertz CT molecular complexity index is 1020. The van der Waals surface area contributed by atoms with Crippen LogP contribution in [0.2, 0.25) is 0 Å². The van der Waals surface area contributed by atoms with E-state index in [4.69, 9.17) is 0 Å². The van der Waals surface area contributed by atoms with Crippen molar-refractivity contribution in [1.82, 2.24) is 10.6 Å². The average Bonchev–Trinajstić information content (AvgIpc) is 2.76. The molecule has 7 heteroatoms. The summed E-state index contributed by atoms with van der Waals surface area (Å²) in [6, 6.07) is 20.5. The predicted octanol–water partition coefficient (Wildman–Crippen LogP) is 4.42. The molecule has 2 amide bonds. The van der Waals surface area contributed by atoms with Crippen LogP contribution in [0, 0.1) is 0 Å². The summed E-state index contributed by atoms with van der Waals surface area (Å²) in [6.45, 7) is 0.183. The molecule has 3 aromatic carbocycles. The Morgan fingerprint density at radius 2 is 1.47 bits per heavy atom. The minimum atomic E-state index is -4.42. The second-order valence-corrected chi connectivity index (χ2v) is 6.60. The minimum Gasteiger partial charge on any atom is -0.350 e. The van der Waals surface area contributed by atoms with Gasteiger partial charge >= 0.3 is 6.18 Å². The van der Waals surface area contributed by atoms with E-state index in [1.807, 2.05) is 30.3 Å². The van der Waals surface area contributed by atoms with Gasteiger partial charge in [-0.05, 0) is 41.0 Å². The molecular weight excluding hydrogens is 393 g/mol. The highest BCUT2D eigenvalue weighted by Crippen LogP contribution is 2.32. The van der Waals surface area contributed by atoms with Crippen LogP contribution in [0.25, 0.3) is 11.1 Å². The van der Waals surface area contributed by atoms with Gasteiger partial charge in [0.25, 0.3) is 5.91 Å². The molecular formula is C23H19F3N2O2. The molecule has 0 atom stereocenters. The third kappa shape index (κ3) is 5.70. The van der Waals surface area contributed by atoms with Gasteiger partial charge in [-0.1, -0.05) is 54.6 Å². The Morgan fingerprint density at radius 3 is 2.13 bits per heavy atom. The van der Waals surface area contributed by atoms with Crippen molar-refractivity contribution in [2.45, 2.75) is 12.7 Å². The zero-order chi connectivity index (χ0) is 21.6. The van der Waals surface area contributed by atoms with Crippen LogP contribution in [0.4, 0.5) is 13.2 Å². The molecule has 4 nitrogen and oxygen atoms in total. The maximum Gasteiger partial charge on any atom is 0.416 e. The SMILES string of the molecule is O=C(CNC(=O)c1ccc(-c2cccc(C(F)(F)F)c2)cc1)NCc1ccccc1. The second-order valence-electron chi connectivity index (χ2n) is 6.60. The van der Waals surface area contributed by atoms with Crippen molar-refractivity contribution < 1.29 is 22.8 Å². The molecule has 0 spiro atoms. The van der Waals surface area contributed by atoms with E-state index in [2.05, 4.69) is 10.6 Å². The van der Waals surface area contributed by atoms with Gasteiger partial charge in [-0.3, -0.25) is 9.59 Å². The van der Waals surface area contributed by atoms with Crippen LogP contribution in [0.5, 0.6) is 0 Å². The summed E-state index contributed by atoms with van der Waals surface area (Å²) in [6.07, 6.45) is -4.42. The Labute approximate surface area is 171 Å². The monoisotopic (exact) mass is 412 g/mol. The topological polar surface area (TPSA) is 58.2 Å². The van der Waals surface area contributed by atoms with Gasteiger partial charge < -0.3 is 10.6 Å². The van der Waals surface area contributed by atoms with E-state index in [-0.39, 0.29) is 12.5 Å². The number of nitrogens with one attached hydrogen (secondary N) is 2. The lowest BCUT2D eigenvalue weighted by Crippen LogP contribution is -2.36. The molecule has 0 aliphatic carbocycles. The zero-order valence-electron chi connectivity index (χ0n) is 15.9. The van der Waals surface area contributed by atoms with Gasteiger partial charge in [-0.15, -0.1) is 0 Å². The van der Waals surface area contributed by atoms with Crippen molar-refractivity contribution >= 4 is 11.8 Å². The molecule has 0 radical (unpaired) electrons. The van der Waals surface area contributed by atoms with Gasteiger partial charge in [-0.2, -0.15) is 13.2 Å². The summed E-state index contributed by atoms with van der Waals surface area (Å²) >= 11 is 0. The number of halogens is 3. The highest BCUT2D eigenvalue weighted by molar-refractivity contribution is 5.96. The van der Waals surface area contributed by atoms with Crippen LogP contribution in [-0.4, -0.2) is 18.4 Å². The summed E-state index contributed by atoms with van der Waals surface area (Å²) in [7, 11) is 0. The van der Waals surface area contributed by atoms with E-state index in [1.54, 1.807) is 18.2 Å². The Hall–Kier alpha value is -3.61. The number of rotatable bonds is 6. The number of hydrogen-bond acceptors (Lipinski definition) is 2. The summed E-state index contributed by atoms with van der Waals surface area (Å²) in [4.78, 5) is 24.1. The first kappa shape index (κ1) is 21.1. The van der Waals surface area contributed by atoms with Crippen LogP contribution in [-0.2, 0) is 17.5 Å².